The van der Waals surface area contributed by atoms with Gasteiger partial charge in [-0.2, -0.15) is 0 Å². The molecule has 0 aromatic heterocycles. The van der Waals surface area contributed by atoms with Crippen LogP contribution in [0.2, 0.25) is 16.9 Å². The van der Waals surface area contributed by atoms with Crippen molar-refractivity contribution in [2.75, 3.05) is 6.61 Å². The minimum atomic E-state index is -1.91. The molecule has 0 spiro atoms. The maximum atomic E-state index is 12.4. The third kappa shape index (κ3) is 3.27. The van der Waals surface area contributed by atoms with Crippen LogP contribution in [-0.4, -0.2) is 18.7 Å². The van der Waals surface area contributed by atoms with E-state index in [1.54, 1.807) is 0 Å². The molecule has 16 heavy (non-hydrogen) atoms. The molecule has 1 aliphatic heterocycles. The van der Waals surface area contributed by atoms with Crippen molar-refractivity contribution in [3.63, 3.8) is 0 Å². The van der Waals surface area contributed by atoms with Crippen molar-refractivity contribution in [3.05, 3.63) is 0 Å². The number of carbonyl (C=O) groups is 1. The summed E-state index contributed by atoms with van der Waals surface area (Å²) in [5.41, 5.74) is 0. The molecule has 0 aromatic rings. The standard InChI is InChI=1S/C6H11O2Si.C6H11.Pt/c1-9(6-7)5-3-2-4-8-9;1-2-4-6-5-3-1;/h2-5H2,1H3;1H,2-6H2;. The zero-order chi connectivity index (χ0) is 11.4. The maximum absolute atomic E-state index is 12.4. The summed E-state index contributed by atoms with van der Waals surface area (Å²) in [6.45, 7) is 3.01. The van der Waals surface area contributed by atoms with Gasteiger partial charge in [0.05, 0.1) is 0 Å². The van der Waals surface area contributed by atoms with E-state index in [4.69, 9.17) is 4.43 Å². The molecule has 4 heteroatoms. The van der Waals surface area contributed by atoms with Crippen LogP contribution < -0.4 is 0 Å². The number of rotatable bonds is 3. The number of hydrogen-bond acceptors (Lipinski definition) is 2. The van der Waals surface area contributed by atoms with Crippen LogP contribution in [0.1, 0.15) is 44.9 Å². The summed E-state index contributed by atoms with van der Waals surface area (Å²) in [7, 11) is -1.91. The minimum absolute atomic E-state index is 0.247. The Hall–Kier alpha value is 0.535. The van der Waals surface area contributed by atoms with Crippen LogP contribution in [0.25, 0.3) is 0 Å². The van der Waals surface area contributed by atoms with Crippen molar-refractivity contribution in [1.82, 2.24) is 0 Å². The van der Waals surface area contributed by atoms with Gasteiger partial charge in [-0.15, -0.1) is 0 Å². The van der Waals surface area contributed by atoms with Gasteiger partial charge in [0.25, 0.3) is 0 Å². The van der Waals surface area contributed by atoms with Gasteiger partial charge in [-0.1, -0.05) is 0 Å². The van der Waals surface area contributed by atoms with Crippen molar-refractivity contribution < 1.29 is 27.8 Å². The molecule has 0 N–H and O–H groups in total. The van der Waals surface area contributed by atoms with Crippen molar-refractivity contribution in [1.29, 1.82) is 0 Å². The van der Waals surface area contributed by atoms with Crippen LogP contribution in [0.15, 0.2) is 0 Å². The Labute approximate surface area is 108 Å². The second-order valence-electron chi connectivity index (χ2n) is 5.06. The van der Waals surface area contributed by atoms with Gasteiger partial charge in [0.1, 0.15) is 0 Å². The van der Waals surface area contributed by atoms with Crippen molar-refractivity contribution >= 4 is 12.1 Å². The van der Waals surface area contributed by atoms with Crippen LogP contribution in [0, 0.1) is 0 Å². The Kier molecular flexibility index (Phi) is 4.81. The number of carbonyl (C=O) groups excluding carboxylic acids is 1. The second-order valence-corrected chi connectivity index (χ2v) is 13.4. The fourth-order valence-corrected chi connectivity index (χ4v) is 11.5. The van der Waals surface area contributed by atoms with Gasteiger partial charge in [0.15, 0.2) is 0 Å². The van der Waals surface area contributed by atoms with Gasteiger partial charge in [0.2, 0.25) is 0 Å². The molecule has 2 nitrogen and oxygen atoms in total. The fraction of sp³-hybridized carbons (Fsp3) is 0.917. The molecular formula is C12H22O2PtSi. The molecular weight excluding hydrogens is 399 g/mol. The van der Waals surface area contributed by atoms with Gasteiger partial charge in [-0.3, -0.25) is 0 Å². The first kappa shape index (κ1) is 13.0. The zero-order valence-corrected chi connectivity index (χ0v) is 13.3. The Bertz CT molecular complexity index is 245. The first-order valence-corrected chi connectivity index (χ1v) is 11.5. The van der Waals surface area contributed by atoms with E-state index in [0.717, 1.165) is 23.4 Å². The Morgan fingerprint density at radius 1 is 1.19 bits per heavy atom. The van der Waals surface area contributed by atoms with Gasteiger partial charge in [-0.25, -0.2) is 0 Å². The summed E-state index contributed by atoms with van der Waals surface area (Å²) in [4.78, 5) is 12.4. The normalized spacial score (nSPS) is 32.8. The summed E-state index contributed by atoms with van der Waals surface area (Å²) in [5, 5.41) is 0. The van der Waals surface area contributed by atoms with E-state index in [-0.39, 0.29) is 18.6 Å². The van der Waals surface area contributed by atoms with E-state index in [1.807, 2.05) is 0 Å². The van der Waals surface area contributed by atoms with Crippen LogP contribution in [-0.2, 0) is 23.0 Å². The molecule has 0 bridgehead atoms. The molecule has 0 radical (unpaired) electrons. The molecule has 1 saturated carbocycles. The van der Waals surface area contributed by atoms with Crippen LogP contribution in [0.3, 0.4) is 0 Å². The Balaban J connectivity index is 1.85. The Morgan fingerprint density at radius 2 is 1.94 bits per heavy atom. The fourth-order valence-electron chi connectivity index (χ4n) is 2.41. The average molecular weight is 421 g/mol. The monoisotopic (exact) mass is 421 g/mol. The Morgan fingerprint density at radius 3 is 2.56 bits per heavy atom. The third-order valence-corrected chi connectivity index (χ3v) is 13.7. The zero-order valence-electron chi connectivity index (χ0n) is 10.1. The van der Waals surface area contributed by atoms with E-state index in [0.29, 0.717) is 3.80 Å². The summed E-state index contributed by atoms with van der Waals surface area (Å²) in [5.74, 6) is 0. The molecule has 1 heterocycles. The second kappa shape index (κ2) is 5.93. The molecule has 0 aromatic carbocycles. The van der Waals surface area contributed by atoms with Gasteiger partial charge >= 0.3 is 108 Å². The quantitative estimate of drug-likeness (QED) is 0.646. The summed E-state index contributed by atoms with van der Waals surface area (Å²) < 4.78 is 7.28. The van der Waals surface area contributed by atoms with Crippen molar-refractivity contribution in [3.8, 4) is 0 Å². The molecule has 1 unspecified atom stereocenters. The van der Waals surface area contributed by atoms with E-state index >= 15 is 0 Å². The van der Waals surface area contributed by atoms with Gasteiger partial charge < -0.3 is 0 Å². The first-order chi connectivity index (χ1) is 7.71. The van der Waals surface area contributed by atoms with Crippen LogP contribution >= 0.6 is 0 Å². The predicted molar refractivity (Wildman–Crippen MR) is 63.8 cm³/mol. The first-order valence-electron chi connectivity index (χ1n) is 6.46. The predicted octanol–water partition coefficient (Wildman–Crippen LogP) is 3.91. The molecule has 0 amide bonds. The van der Waals surface area contributed by atoms with E-state index in [1.165, 1.54) is 38.5 Å². The topological polar surface area (TPSA) is 26.3 Å². The molecule has 1 saturated heterocycles. The summed E-state index contributed by atoms with van der Waals surface area (Å²) in [6.07, 6.45) is 9.14. The van der Waals surface area contributed by atoms with Crippen molar-refractivity contribution in [2.45, 2.75) is 61.8 Å². The van der Waals surface area contributed by atoms with E-state index in [9.17, 15) is 4.79 Å². The van der Waals surface area contributed by atoms with E-state index < -0.39 is 8.32 Å². The molecule has 96 valence electrons. The molecule has 1 aliphatic carbocycles. The molecule has 2 fully saturated rings. The van der Waals surface area contributed by atoms with Crippen LogP contribution in [0.4, 0.5) is 4.79 Å². The SMILES string of the molecule is C[Si]1([C](=O)[Pt][CH]2CCCCC2)CCCCO1. The number of hydrogen-bond donors (Lipinski definition) is 0. The molecule has 1 atom stereocenters. The van der Waals surface area contributed by atoms with E-state index in [2.05, 4.69) is 6.55 Å². The van der Waals surface area contributed by atoms with Crippen molar-refractivity contribution in [2.24, 2.45) is 0 Å². The third-order valence-electron chi connectivity index (χ3n) is 3.56. The summed E-state index contributed by atoms with van der Waals surface area (Å²) in [6, 6.07) is 1.10. The summed E-state index contributed by atoms with van der Waals surface area (Å²) >= 11 is -0.247. The molecule has 2 rings (SSSR count). The van der Waals surface area contributed by atoms with Gasteiger partial charge in [-0.05, 0) is 0 Å². The molecule has 2 aliphatic rings. The van der Waals surface area contributed by atoms with Crippen LogP contribution in [0.5, 0.6) is 0 Å². The van der Waals surface area contributed by atoms with Gasteiger partial charge in [0, 0.05) is 0 Å². The average Bonchev–Trinajstić information content (AvgIpc) is 2.31.